The van der Waals surface area contributed by atoms with Gasteiger partial charge in [-0.05, 0) is 19.1 Å². The van der Waals surface area contributed by atoms with Crippen LogP contribution in [0.3, 0.4) is 0 Å². The fraction of sp³-hybridized carbons (Fsp3) is 0.222. The number of methoxy groups -OCH3 is 1. The number of carbonyl (C=O) groups excluding carboxylic acids is 1. The third-order valence-electron chi connectivity index (χ3n) is 4.12. The van der Waals surface area contributed by atoms with E-state index in [4.69, 9.17) is 4.74 Å². The van der Waals surface area contributed by atoms with Crippen molar-refractivity contribution in [3.63, 3.8) is 0 Å². The maximum absolute atomic E-state index is 12.4. The van der Waals surface area contributed by atoms with Gasteiger partial charge in [-0.25, -0.2) is 0 Å². The second kappa shape index (κ2) is 7.22. The first-order valence-electron chi connectivity index (χ1n) is 8.02. The van der Waals surface area contributed by atoms with Gasteiger partial charge in [-0.1, -0.05) is 18.2 Å². The van der Waals surface area contributed by atoms with Crippen molar-refractivity contribution in [3.05, 3.63) is 64.3 Å². The molecular formula is C18H18N4O4. The highest BCUT2D eigenvalue weighted by atomic mass is 16.6. The van der Waals surface area contributed by atoms with Gasteiger partial charge in [0.15, 0.2) is 0 Å². The minimum atomic E-state index is -0.472. The van der Waals surface area contributed by atoms with Gasteiger partial charge in [0.1, 0.15) is 12.3 Å². The summed E-state index contributed by atoms with van der Waals surface area (Å²) in [6.45, 7) is 1.83. The minimum absolute atomic E-state index is 0.0375. The van der Waals surface area contributed by atoms with Crippen molar-refractivity contribution in [2.45, 2.75) is 19.5 Å². The Hall–Kier alpha value is -3.42. The number of nitro groups is 1. The van der Waals surface area contributed by atoms with Gasteiger partial charge in [0.2, 0.25) is 5.91 Å². The van der Waals surface area contributed by atoms with Crippen molar-refractivity contribution in [1.29, 1.82) is 0 Å². The number of non-ortho nitro benzene ring substituents is 1. The van der Waals surface area contributed by atoms with E-state index in [2.05, 4.69) is 10.4 Å². The van der Waals surface area contributed by atoms with Gasteiger partial charge < -0.3 is 10.1 Å². The Labute approximate surface area is 149 Å². The Kier molecular flexibility index (Phi) is 4.83. The van der Waals surface area contributed by atoms with Crippen molar-refractivity contribution < 1.29 is 14.5 Å². The Morgan fingerprint density at radius 3 is 2.85 bits per heavy atom. The van der Waals surface area contributed by atoms with Gasteiger partial charge in [0.25, 0.3) is 5.69 Å². The maximum atomic E-state index is 12.4. The van der Waals surface area contributed by atoms with Crippen LogP contribution in [0, 0.1) is 10.1 Å². The van der Waals surface area contributed by atoms with Crippen LogP contribution in [0.1, 0.15) is 18.5 Å². The normalized spacial score (nSPS) is 11.9. The summed E-state index contributed by atoms with van der Waals surface area (Å²) in [6, 6.07) is 11.6. The highest BCUT2D eigenvalue weighted by Gasteiger charge is 2.16. The highest BCUT2D eigenvalue weighted by Crippen LogP contribution is 2.24. The van der Waals surface area contributed by atoms with Crippen LogP contribution in [0.2, 0.25) is 0 Å². The Morgan fingerprint density at radius 1 is 1.35 bits per heavy atom. The van der Waals surface area contributed by atoms with Crippen molar-refractivity contribution >= 4 is 22.5 Å². The summed E-state index contributed by atoms with van der Waals surface area (Å²) in [6.07, 6.45) is 1.58. The molecule has 0 aliphatic rings. The van der Waals surface area contributed by atoms with E-state index in [9.17, 15) is 14.9 Å². The molecule has 0 saturated heterocycles. The van der Waals surface area contributed by atoms with Crippen LogP contribution in [0.15, 0.2) is 48.7 Å². The van der Waals surface area contributed by atoms with E-state index >= 15 is 0 Å². The van der Waals surface area contributed by atoms with E-state index in [1.54, 1.807) is 19.4 Å². The number of hydrogen-bond acceptors (Lipinski definition) is 5. The first-order chi connectivity index (χ1) is 12.5. The molecule has 0 saturated carbocycles. The lowest BCUT2D eigenvalue weighted by molar-refractivity contribution is -0.384. The molecule has 26 heavy (non-hydrogen) atoms. The zero-order chi connectivity index (χ0) is 18.7. The molecular weight excluding hydrogens is 336 g/mol. The predicted octanol–water partition coefficient (Wildman–Crippen LogP) is 2.83. The van der Waals surface area contributed by atoms with Crippen molar-refractivity contribution in [2.24, 2.45) is 0 Å². The summed E-state index contributed by atoms with van der Waals surface area (Å²) in [4.78, 5) is 22.9. The molecule has 0 spiro atoms. The predicted molar refractivity (Wildman–Crippen MR) is 95.9 cm³/mol. The van der Waals surface area contributed by atoms with E-state index < -0.39 is 4.92 Å². The topological polar surface area (TPSA) is 99.3 Å². The summed E-state index contributed by atoms with van der Waals surface area (Å²) < 4.78 is 6.77. The number of rotatable bonds is 6. The molecule has 0 aliphatic carbocycles. The van der Waals surface area contributed by atoms with Crippen LogP contribution in [0.5, 0.6) is 5.75 Å². The molecule has 3 rings (SSSR count). The smallest absolute Gasteiger partial charge is 0.271 e. The van der Waals surface area contributed by atoms with Crippen LogP contribution in [0.4, 0.5) is 5.69 Å². The summed E-state index contributed by atoms with van der Waals surface area (Å²) in [5.41, 5.74) is 1.37. The van der Waals surface area contributed by atoms with Gasteiger partial charge in [-0.15, -0.1) is 0 Å². The molecule has 3 aromatic rings. The van der Waals surface area contributed by atoms with Crippen LogP contribution in [-0.4, -0.2) is 27.7 Å². The van der Waals surface area contributed by atoms with Crippen LogP contribution in [-0.2, 0) is 11.3 Å². The van der Waals surface area contributed by atoms with E-state index in [1.165, 1.54) is 16.8 Å². The molecule has 1 aromatic heterocycles. The molecule has 134 valence electrons. The lowest BCUT2D eigenvalue weighted by atomic mass is 10.1. The van der Waals surface area contributed by atoms with Crippen molar-refractivity contribution in [2.75, 3.05) is 7.11 Å². The molecule has 0 bridgehead atoms. The standard InChI is InChI=1S/C18H18N4O4/c1-12(15-5-3-4-6-17(15)26-2)20-18(23)11-21-16-9-14(22(24)25)8-7-13(16)10-19-21/h3-10,12H,11H2,1-2H3,(H,20,23). The van der Waals surface area contributed by atoms with E-state index in [0.717, 1.165) is 10.9 Å². The zero-order valence-corrected chi connectivity index (χ0v) is 14.4. The quantitative estimate of drug-likeness (QED) is 0.542. The monoisotopic (exact) mass is 354 g/mol. The fourth-order valence-electron chi connectivity index (χ4n) is 2.82. The van der Waals surface area contributed by atoms with Crippen LogP contribution >= 0.6 is 0 Å². The van der Waals surface area contributed by atoms with Gasteiger partial charge in [0.05, 0.1) is 29.8 Å². The fourth-order valence-corrected chi connectivity index (χ4v) is 2.82. The molecule has 1 unspecified atom stereocenters. The minimum Gasteiger partial charge on any atom is -0.496 e. The number of fused-ring (bicyclic) bond motifs is 1. The summed E-state index contributed by atoms with van der Waals surface area (Å²) in [5, 5.41) is 18.7. The third kappa shape index (κ3) is 3.49. The molecule has 2 aromatic carbocycles. The molecule has 1 amide bonds. The van der Waals surface area contributed by atoms with Crippen LogP contribution < -0.4 is 10.1 Å². The number of carbonyl (C=O) groups is 1. The molecule has 8 heteroatoms. The van der Waals surface area contributed by atoms with Crippen LogP contribution in [0.25, 0.3) is 10.9 Å². The van der Waals surface area contributed by atoms with Gasteiger partial charge in [0, 0.05) is 23.1 Å². The maximum Gasteiger partial charge on any atom is 0.271 e. The molecule has 0 fully saturated rings. The summed E-state index contributed by atoms with van der Waals surface area (Å²) in [7, 11) is 1.58. The lowest BCUT2D eigenvalue weighted by Crippen LogP contribution is -2.30. The number of nitro benzene ring substituents is 1. The van der Waals surface area contributed by atoms with Gasteiger partial charge >= 0.3 is 0 Å². The number of hydrogen-bond donors (Lipinski definition) is 1. The average Bonchev–Trinajstić information content (AvgIpc) is 3.03. The number of para-hydroxylation sites is 1. The molecule has 8 nitrogen and oxygen atoms in total. The summed E-state index contributed by atoms with van der Waals surface area (Å²) >= 11 is 0. The second-order valence-electron chi connectivity index (χ2n) is 5.83. The molecule has 0 radical (unpaired) electrons. The number of benzene rings is 2. The Morgan fingerprint density at radius 2 is 2.12 bits per heavy atom. The average molecular weight is 354 g/mol. The number of aromatic nitrogens is 2. The second-order valence-corrected chi connectivity index (χ2v) is 5.83. The largest absolute Gasteiger partial charge is 0.496 e. The molecule has 1 N–H and O–H groups in total. The first-order valence-corrected chi connectivity index (χ1v) is 8.02. The highest BCUT2D eigenvalue weighted by molar-refractivity contribution is 5.83. The molecule has 0 aliphatic heterocycles. The van der Waals surface area contributed by atoms with Crippen molar-refractivity contribution in [3.8, 4) is 5.75 Å². The van der Waals surface area contributed by atoms with E-state index in [-0.39, 0.29) is 24.2 Å². The Balaban J connectivity index is 1.77. The number of ether oxygens (including phenoxy) is 1. The third-order valence-corrected chi connectivity index (χ3v) is 4.12. The lowest BCUT2D eigenvalue weighted by Gasteiger charge is -2.17. The number of nitrogens with one attached hydrogen (secondary N) is 1. The number of amides is 1. The summed E-state index contributed by atoms with van der Waals surface area (Å²) in [5.74, 6) is 0.445. The van der Waals surface area contributed by atoms with Gasteiger partial charge in [-0.3, -0.25) is 19.6 Å². The molecule has 1 atom stereocenters. The number of nitrogens with zero attached hydrogens (tertiary/aromatic N) is 3. The van der Waals surface area contributed by atoms with Gasteiger partial charge in [-0.2, -0.15) is 5.10 Å². The van der Waals surface area contributed by atoms with E-state index in [0.29, 0.717) is 11.3 Å². The first kappa shape index (κ1) is 17.4. The zero-order valence-electron chi connectivity index (χ0n) is 14.4. The van der Waals surface area contributed by atoms with E-state index in [1.807, 2.05) is 31.2 Å². The molecule has 1 heterocycles. The Bertz CT molecular complexity index is 967. The SMILES string of the molecule is COc1ccccc1C(C)NC(=O)Cn1ncc2ccc([N+](=O)[O-])cc21. The van der Waals surface area contributed by atoms with Crippen molar-refractivity contribution in [1.82, 2.24) is 15.1 Å².